The Morgan fingerprint density at radius 2 is 2.53 bits per heavy atom. The number of hydrogen-bond acceptors (Lipinski definition) is 5. The topological polar surface area (TPSA) is 60.5 Å². The highest BCUT2D eigenvalue weighted by Crippen LogP contribution is 2.17. The molecule has 0 unspecified atom stereocenters. The molecule has 1 N–H and O–H groups in total. The molecule has 1 aliphatic heterocycles. The highest BCUT2D eigenvalue weighted by Gasteiger charge is 2.20. The fraction of sp³-hybridized carbons (Fsp3) is 0.455. The molecule has 1 aromatic heterocycles. The molecule has 0 bridgehead atoms. The van der Waals surface area contributed by atoms with Crippen molar-refractivity contribution in [3.05, 3.63) is 23.8 Å². The lowest BCUT2D eigenvalue weighted by Gasteiger charge is -2.27. The SMILES string of the molecule is COC(=O)c1ncc(F)cc1NC[C@H]1CCO1. The molecule has 1 aliphatic rings. The summed E-state index contributed by atoms with van der Waals surface area (Å²) >= 11 is 0. The van der Waals surface area contributed by atoms with Crippen molar-refractivity contribution in [1.82, 2.24) is 4.98 Å². The number of methoxy groups -OCH3 is 1. The van der Waals surface area contributed by atoms with Gasteiger partial charge in [0.05, 0.1) is 25.1 Å². The van der Waals surface area contributed by atoms with E-state index in [0.29, 0.717) is 12.2 Å². The minimum absolute atomic E-state index is 0.0771. The summed E-state index contributed by atoms with van der Waals surface area (Å²) < 4.78 is 22.8. The molecule has 6 heteroatoms. The van der Waals surface area contributed by atoms with Crippen LogP contribution in [0.5, 0.6) is 0 Å². The number of esters is 1. The number of halogens is 1. The van der Waals surface area contributed by atoms with E-state index in [9.17, 15) is 9.18 Å². The van der Waals surface area contributed by atoms with Crippen molar-refractivity contribution in [3.63, 3.8) is 0 Å². The van der Waals surface area contributed by atoms with Crippen LogP contribution in [0.1, 0.15) is 16.9 Å². The Morgan fingerprint density at radius 3 is 3.12 bits per heavy atom. The predicted molar refractivity (Wildman–Crippen MR) is 58.4 cm³/mol. The Bertz CT molecular complexity index is 421. The molecule has 2 rings (SSSR count). The van der Waals surface area contributed by atoms with Crippen LogP contribution in [0.4, 0.5) is 10.1 Å². The van der Waals surface area contributed by atoms with Gasteiger partial charge in [0, 0.05) is 19.2 Å². The van der Waals surface area contributed by atoms with Crippen molar-refractivity contribution in [3.8, 4) is 0 Å². The smallest absolute Gasteiger partial charge is 0.358 e. The van der Waals surface area contributed by atoms with E-state index < -0.39 is 11.8 Å². The van der Waals surface area contributed by atoms with Gasteiger partial charge >= 0.3 is 5.97 Å². The maximum Gasteiger partial charge on any atom is 0.358 e. The fourth-order valence-corrected chi connectivity index (χ4v) is 1.50. The number of hydrogen-bond donors (Lipinski definition) is 1. The highest BCUT2D eigenvalue weighted by molar-refractivity contribution is 5.93. The van der Waals surface area contributed by atoms with Crippen LogP contribution < -0.4 is 5.32 Å². The minimum atomic E-state index is -0.595. The van der Waals surface area contributed by atoms with Crippen molar-refractivity contribution in [2.24, 2.45) is 0 Å². The lowest BCUT2D eigenvalue weighted by Crippen LogP contribution is -2.33. The van der Waals surface area contributed by atoms with E-state index in [2.05, 4.69) is 15.0 Å². The Hall–Kier alpha value is -1.69. The number of rotatable bonds is 4. The number of nitrogens with one attached hydrogen (secondary N) is 1. The van der Waals surface area contributed by atoms with Gasteiger partial charge in [-0.05, 0) is 6.42 Å². The standard InChI is InChI=1S/C11H13FN2O3/c1-16-11(15)10-9(4-7(12)5-14-10)13-6-8-2-3-17-8/h4-5,8,13H,2-3,6H2,1H3/t8-/m1/s1. The molecule has 92 valence electrons. The van der Waals surface area contributed by atoms with E-state index in [1.807, 2.05) is 0 Å². The summed E-state index contributed by atoms with van der Waals surface area (Å²) in [6.45, 7) is 1.27. The number of nitrogens with zero attached hydrogens (tertiary/aromatic N) is 1. The molecule has 0 aliphatic carbocycles. The highest BCUT2D eigenvalue weighted by atomic mass is 19.1. The summed E-state index contributed by atoms with van der Waals surface area (Å²) in [5.74, 6) is -1.10. The number of ether oxygens (including phenoxy) is 2. The maximum absolute atomic E-state index is 13.0. The molecule has 0 spiro atoms. The number of pyridine rings is 1. The van der Waals surface area contributed by atoms with Crippen molar-refractivity contribution >= 4 is 11.7 Å². The second-order valence-corrected chi connectivity index (χ2v) is 3.70. The van der Waals surface area contributed by atoms with Crippen LogP contribution >= 0.6 is 0 Å². The van der Waals surface area contributed by atoms with Gasteiger partial charge in [-0.25, -0.2) is 14.2 Å². The maximum atomic E-state index is 13.0. The van der Waals surface area contributed by atoms with E-state index in [1.165, 1.54) is 13.2 Å². The van der Waals surface area contributed by atoms with Crippen LogP contribution in [0.3, 0.4) is 0 Å². The molecule has 2 heterocycles. The molecule has 5 nitrogen and oxygen atoms in total. The molecule has 0 radical (unpaired) electrons. The van der Waals surface area contributed by atoms with Gasteiger partial charge in [0.25, 0.3) is 0 Å². The van der Waals surface area contributed by atoms with Gasteiger partial charge in [-0.2, -0.15) is 0 Å². The second-order valence-electron chi connectivity index (χ2n) is 3.70. The van der Waals surface area contributed by atoms with Crippen LogP contribution in [-0.2, 0) is 9.47 Å². The Morgan fingerprint density at radius 1 is 1.76 bits per heavy atom. The summed E-state index contributed by atoms with van der Waals surface area (Å²) in [6.07, 6.45) is 2.06. The molecule has 1 saturated heterocycles. The van der Waals surface area contributed by atoms with Crippen LogP contribution in [0, 0.1) is 5.82 Å². The first-order valence-electron chi connectivity index (χ1n) is 5.30. The largest absolute Gasteiger partial charge is 0.464 e. The normalized spacial score (nSPS) is 18.4. The fourth-order valence-electron chi connectivity index (χ4n) is 1.50. The molecule has 0 amide bonds. The summed E-state index contributed by atoms with van der Waals surface area (Å²) in [5.41, 5.74) is 0.403. The van der Waals surface area contributed by atoms with Crippen LogP contribution in [0.25, 0.3) is 0 Å². The Kier molecular flexibility index (Phi) is 3.53. The van der Waals surface area contributed by atoms with Crippen molar-refractivity contribution < 1.29 is 18.7 Å². The van der Waals surface area contributed by atoms with Gasteiger partial charge < -0.3 is 14.8 Å². The first-order chi connectivity index (χ1) is 8.20. The van der Waals surface area contributed by atoms with E-state index in [4.69, 9.17) is 4.74 Å². The molecule has 0 saturated carbocycles. The van der Waals surface area contributed by atoms with Gasteiger partial charge in [0.2, 0.25) is 0 Å². The number of aromatic nitrogens is 1. The molecule has 0 aromatic carbocycles. The van der Waals surface area contributed by atoms with Gasteiger partial charge in [-0.1, -0.05) is 0 Å². The summed E-state index contributed by atoms with van der Waals surface area (Å²) in [4.78, 5) is 15.1. The van der Waals surface area contributed by atoms with Gasteiger partial charge in [0.15, 0.2) is 5.69 Å². The zero-order valence-corrected chi connectivity index (χ0v) is 9.40. The van der Waals surface area contributed by atoms with E-state index >= 15 is 0 Å². The quantitative estimate of drug-likeness (QED) is 0.801. The Balaban J connectivity index is 2.11. The van der Waals surface area contributed by atoms with Gasteiger partial charge in [-0.3, -0.25) is 0 Å². The summed E-state index contributed by atoms with van der Waals surface area (Å²) in [7, 11) is 1.26. The summed E-state index contributed by atoms with van der Waals surface area (Å²) in [6, 6.07) is 1.22. The van der Waals surface area contributed by atoms with Crippen LogP contribution in [0.2, 0.25) is 0 Å². The molecular weight excluding hydrogens is 227 g/mol. The van der Waals surface area contributed by atoms with Gasteiger partial charge in [-0.15, -0.1) is 0 Å². The lowest BCUT2D eigenvalue weighted by molar-refractivity contribution is -0.0410. The van der Waals surface area contributed by atoms with Crippen molar-refractivity contribution in [2.45, 2.75) is 12.5 Å². The third-order valence-electron chi connectivity index (χ3n) is 2.55. The monoisotopic (exact) mass is 240 g/mol. The van der Waals surface area contributed by atoms with Crippen molar-refractivity contribution in [2.75, 3.05) is 25.6 Å². The van der Waals surface area contributed by atoms with E-state index in [0.717, 1.165) is 19.2 Å². The lowest BCUT2D eigenvalue weighted by atomic mass is 10.2. The molecular formula is C11H13FN2O3. The van der Waals surface area contributed by atoms with Crippen molar-refractivity contribution in [1.29, 1.82) is 0 Å². The number of carbonyl (C=O) groups is 1. The first-order valence-corrected chi connectivity index (χ1v) is 5.30. The third-order valence-corrected chi connectivity index (χ3v) is 2.55. The molecule has 1 atom stereocenters. The van der Waals surface area contributed by atoms with E-state index in [-0.39, 0.29) is 11.8 Å². The summed E-state index contributed by atoms with van der Waals surface area (Å²) in [5, 5.41) is 2.94. The average molecular weight is 240 g/mol. The average Bonchev–Trinajstić information content (AvgIpc) is 2.26. The zero-order chi connectivity index (χ0) is 12.3. The molecule has 1 aromatic rings. The predicted octanol–water partition coefficient (Wildman–Crippen LogP) is 1.21. The second kappa shape index (κ2) is 5.09. The van der Waals surface area contributed by atoms with E-state index in [1.54, 1.807) is 0 Å². The third kappa shape index (κ3) is 2.71. The first kappa shape index (κ1) is 11.8. The number of anilines is 1. The molecule has 17 heavy (non-hydrogen) atoms. The van der Waals surface area contributed by atoms with Crippen LogP contribution in [-0.4, -0.2) is 37.3 Å². The van der Waals surface area contributed by atoms with Gasteiger partial charge in [0.1, 0.15) is 5.82 Å². The zero-order valence-electron chi connectivity index (χ0n) is 9.40. The Labute approximate surface area is 97.9 Å². The minimum Gasteiger partial charge on any atom is -0.464 e. The number of carbonyl (C=O) groups excluding carboxylic acids is 1. The van der Waals surface area contributed by atoms with Crippen LogP contribution in [0.15, 0.2) is 12.3 Å². The molecule has 1 fully saturated rings.